The molecule has 5 heteroatoms. The largest absolute Gasteiger partial charge is 0.324 e. The molecule has 0 saturated carbocycles. The van der Waals surface area contributed by atoms with E-state index in [0.717, 1.165) is 28.5 Å². The predicted octanol–water partition coefficient (Wildman–Crippen LogP) is 4.80. The number of benzene rings is 1. The van der Waals surface area contributed by atoms with Crippen molar-refractivity contribution in [2.45, 2.75) is 19.0 Å². The van der Waals surface area contributed by atoms with Crippen LogP contribution in [0.25, 0.3) is 0 Å². The van der Waals surface area contributed by atoms with Crippen LogP contribution in [0.4, 0.5) is 0 Å². The van der Waals surface area contributed by atoms with E-state index in [-0.39, 0.29) is 6.04 Å². The maximum atomic E-state index is 6.24. The first-order valence-corrected chi connectivity index (χ1v) is 8.93. The second kappa shape index (κ2) is 7.71. The van der Waals surface area contributed by atoms with Crippen molar-refractivity contribution in [1.82, 2.24) is 4.90 Å². The van der Waals surface area contributed by atoms with Gasteiger partial charge in [-0.3, -0.25) is 0 Å². The van der Waals surface area contributed by atoms with Crippen molar-refractivity contribution in [3.63, 3.8) is 0 Å². The number of hydrogen-bond donors (Lipinski definition) is 1. The average Bonchev–Trinajstić information content (AvgIpc) is 2.82. The molecule has 2 N–H and O–H groups in total. The molecule has 108 valence electrons. The molecule has 1 atom stereocenters. The summed E-state index contributed by atoms with van der Waals surface area (Å²) in [7, 11) is 2.14. The third kappa shape index (κ3) is 4.97. The van der Waals surface area contributed by atoms with Crippen LogP contribution in [-0.4, -0.2) is 18.5 Å². The highest BCUT2D eigenvalue weighted by molar-refractivity contribution is 9.10. The zero-order valence-electron chi connectivity index (χ0n) is 11.4. The van der Waals surface area contributed by atoms with Crippen molar-refractivity contribution in [2.75, 3.05) is 13.6 Å². The summed E-state index contributed by atoms with van der Waals surface area (Å²) >= 11 is 8.72. The van der Waals surface area contributed by atoms with Gasteiger partial charge in [-0.25, -0.2) is 0 Å². The number of thiophene rings is 1. The van der Waals surface area contributed by atoms with Crippen molar-refractivity contribution in [3.05, 3.63) is 55.1 Å². The molecule has 0 amide bonds. The molecule has 0 aliphatic heterocycles. The van der Waals surface area contributed by atoms with Gasteiger partial charge in [-0.05, 0) is 53.2 Å². The maximum Gasteiger partial charge on any atom is 0.0325 e. The van der Waals surface area contributed by atoms with Crippen LogP contribution in [-0.2, 0) is 6.54 Å². The van der Waals surface area contributed by atoms with Gasteiger partial charge in [0.2, 0.25) is 0 Å². The highest BCUT2D eigenvalue weighted by Gasteiger charge is 2.08. The summed E-state index contributed by atoms with van der Waals surface area (Å²) in [6.45, 7) is 1.97. The van der Waals surface area contributed by atoms with Crippen LogP contribution in [0.5, 0.6) is 0 Å². The lowest BCUT2D eigenvalue weighted by Gasteiger charge is -2.19. The molecule has 1 aromatic carbocycles. The fourth-order valence-electron chi connectivity index (χ4n) is 2.02. The molecule has 20 heavy (non-hydrogen) atoms. The third-order valence-electron chi connectivity index (χ3n) is 3.17. The predicted molar refractivity (Wildman–Crippen MR) is 94.0 cm³/mol. The third-order valence-corrected chi connectivity index (χ3v) is 5.38. The summed E-state index contributed by atoms with van der Waals surface area (Å²) in [5.74, 6) is 0. The number of halogens is 2. The van der Waals surface area contributed by atoms with E-state index in [4.69, 9.17) is 5.73 Å². The molecule has 0 bridgehead atoms. The first-order valence-electron chi connectivity index (χ1n) is 6.47. The van der Waals surface area contributed by atoms with Gasteiger partial charge in [0.15, 0.2) is 0 Å². The van der Waals surface area contributed by atoms with Crippen LogP contribution >= 0.6 is 43.2 Å². The molecule has 2 aromatic rings. The van der Waals surface area contributed by atoms with E-state index in [2.05, 4.69) is 67.4 Å². The van der Waals surface area contributed by atoms with E-state index < -0.39 is 0 Å². The Balaban J connectivity index is 1.80. The van der Waals surface area contributed by atoms with Gasteiger partial charge in [0.05, 0.1) is 0 Å². The Morgan fingerprint density at radius 3 is 2.50 bits per heavy atom. The van der Waals surface area contributed by atoms with Crippen molar-refractivity contribution in [2.24, 2.45) is 5.73 Å². The summed E-state index contributed by atoms with van der Waals surface area (Å²) in [6.07, 6.45) is 0.963. The Labute approximate surface area is 141 Å². The van der Waals surface area contributed by atoms with Crippen LogP contribution < -0.4 is 5.73 Å². The number of nitrogens with zero attached hydrogens (tertiary/aromatic N) is 1. The van der Waals surface area contributed by atoms with Crippen LogP contribution in [0.2, 0.25) is 0 Å². The van der Waals surface area contributed by atoms with Crippen molar-refractivity contribution < 1.29 is 0 Å². The molecule has 1 unspecified atom stereocenters. The van der Waals surface area contributed by atoms with Gasteiger partial charge in [0.25, 0.3) is 0 Å². The monoisotopic (exact) mass is 416 g/mol. The van der Waals surface area contributed by atoms with E-state index in [0.29, 0.717) is 0 Å². The standard InChI is InChI=1S/C15H18Br2N2S/c1-19(9-14-8-13(17)10-20-14)7-6-15(18)11-2-4-12(16)5-3-11/h2-5,8,10,15H,6-7,9,18H2,1H3. The Kier molecular flexibility index (Phi) is 6.23. The second-order valence-corrected chi connectivity index (χ2v) is 7.74. The fourth-order valence-corrected chi connectivity index (χ4v) is 3.81. The van der Waals surface area contributed by atoms with E-state index in [9.17, 15) is 0 Å². The fraction of sp³-hybridized carbons (Fsp3) is 0.333. The minimum atomic E-state index is 0.0978. The van der Waals surface area contributed by atoms with Crippen LogP contribution in [0.1, 0.15) is 22.9 Å². The Morgan fingerprint density at radius 2 is 1.90 bits per heavy atom. The van der Waals surface area contributed by atoms with Gasteiger partial charge in [0.1, 0.15) is 0 Å². The summed E-state index contributed by atoms with van der Waals surface area (Å²) in [5.41, 5.74) is 7.44. The van der Waals surface area contributed by atoms with E-state index in [1.54, 1.807) is 11.3 Å². The Morgan fingerprint density at radius 1 is 1.20 bits per heavy atom. The van der Waals surface area contributed by atoms with Crippen LogP contribution in [0.15, 0.2) is 44.7 Å². The molecule has 0 saturated heterocycles. The van der Waals surface area contributed by atoms with E-state index in [1.807, 2.05) is 12.1 Å². The molecular formula is C15H18Br2N2S. The van der Waals surface area contributed by atoms with Crippen molar-refractivity contribution in [3.8, 4) is 0 Å². The second-order valence-electron chi connectivity index (χ2n) is 4.92. The molecule has 2 rings (SSSR count). The highest BCUT2D eigenvalue weighted by atomic mass is 79.9. The summed E-state index contributed by atoms with van der Waals surface area (Å²) in [5, 5.41) is 2.12. The van der Waals surface area contributed by atoms with Gasteiger partial charge in [-0.2, -0.15) is 0 Å². The minimum Gasteiger partial charge on any atom is -0.324 e. The summed E-state index contributed by atoms with van der Waals surface area (Å²) in [4.78, 5) is 3.69. The normalized spacial score (nSPS) is 12.8. The molecule has 2 nitrogen and oxygen atoms in total. The van der Waals surface area contributed by atoms with E-state index in [1.165, 1.54) is 10.4 Å². The number of rotatable bonds is 6. The average molecular weight is 418 g/mol. The number of hydrogen-bond acceptors (Lipinski definition) is 3. The van der Waals surface area contributed by atoms with Gasteiger partial charge in [-0.15, -0.1) is 11.3 Å². The minimum absolute atomic E-state index is 0.0978. The maximum absolute atomic E-state index is 6.24. The lowest BCUT2D eigenvalue weighted by Crippen LogP contribution is -2.23. The Bertz CT molecular complexity index is 539. The van der Waals surface area contributed by atoms with Crippen LogP contribution in [0, 0.1) is 0 Å². The smallest absolute Gasteiger partial charge is 0.0325 e. The molecular weight excluding hydrogens is 400 g/mol. The SMILES string of the molecule is CN(CCC(N)c1ccc(Br)cc1)Cc1cc(Br)cs1. The number of nitrogens with two attached hydrogens (primary N) is 1. The van der Waals surface area contributed by atoms with Crippen molar-refractivity contribution >= 4 is 43.2 Å². The molecule has 0 fully saturated rings. The molecule has 0 aliphatic carbocycles. The summed E-state index contributed by atoms with van der Waals surface area (Å²) in [6, 6.07) is 10.5. The van der Waals surface area contributed by atoms with Gasteiger partial charge in [-0.1, -0.05) is 28.1 Å². The topological polar surface area (TPSA) is 29.3 Å². The zero-order valence-corrected chi connectivity index (χ0v) is 15.3. The first kappa shape index (κ1) is 16.2. The molecule has 1 heterocycles. The van der Waals surface area contributed by atoms with Crippen molar-refractivity contribution in [1.29, 1.82) is 0 Å². The van der Waals surface area contributed by atoms with Gasteiger partial charge in [0, 0.05) is 38.3 Å². The lowest BCUT2D eigenvalue weighted by atomic mass is 10.0. The first-order chi connectivity index (χ1) is 9.54. The van der Waals surface area contributed by atoms with Gasteiger partial charge >= 0.3 is 0 Å². The molecule has 0 aliphatic rings. The van der Waals surface area contributed by atoms with E-state index >= 15 is 0 Å². The van der Waals surface area contributed by atoms with Crippen LogP contribution in [0.3, 0.4) is 0 Å². The van der Waals surface area contributed by atoms with Gasteiger partial charge < -0.3 is 10.6 Å². The molecule has 0 spiro atoms. The summed E-state index contributed by atoms with van der Waals surface area (Å²) < 4.78 is 2.26. The highest BCUT2D eigenvalue weighted by Crippen LogP contribution is 2.22. The Hall–Kier alpha value is -0.200. The zero-order chi connectivity index (χ0) is 14.5. The lowest BCUT2D eigenvalue weighted by molar-refractivity contribution is 0.314. The molecule has 1 aromatic heterocycles. The quantitative estimate of drug-likeness (QED) is 0.731. The molecule has 0 radical (unpaired) electrons.